The standard InChI is InChI=1S/C18H22ClN3O3/c1-3-12(2)16(11-23)20-17(24)10-22-18(25)9-8-15(21-22)13-4-6-14(19)7-5-13/h4-9,12,16,23H,3,10-11H2,1-2H3,(H,20,24)/t12-,16+/m0/s1. The lowest BCUT2D eigenvalue weighted by molar-refractivity contribution is -0.123. The van der Waals surface area contributed by atoms with Crippen molar-refractivity contribution in [2.45, 2.75) is 32.9 Å². The smallest absolute Gasteiger partial charge is 0.267 e. The van der Waals surface area contributed by atoms with E-state index in [0.29, 0.717) is 10.7 Å². The van der Waals surface area contributed by atoms with E-state index in [2.05, 4.69) is 10.4 Å². The Morgan fingerprint density at radius 2 is 1.96 bits per heavy atom. The maximum Gasteiger partial charge on any atom is 0.267 e. The Hall–Kier alpha value is -2.18. The van der Waals surface area contributed by atoms with Gasteiger partial charge in [-0.15, -0.1) is 0 Å². The third-order valence-electron chi connectivity index (χ3n) is 4.17. The third kappa shape index (κ3) is 5.14. The van der Waals surface area contributed by atoms with E-state index in [9.17, 15) is 14.7 Å². The van der Waals surface area contributed by atoms with E-state index in [4.69, 9.17) is 11.6 Å². The molecule has 2 atom stereocenters. The molecule has 0 radical (unpaired) electrons. The number of aliphatic hydroxyl groups is 1. The fourth-order valence-electron chi connectivity index (χ4n) is 2.38. The normalized spacial score (nSPS) is 13.3. The second kappa shape index (κ2) is 8.78. The van der Waals surface area contributed by atoms with Crippen molar-refractivity contribution in [1.82, 2.24) is 15.1 Å². The van der Waals surface area contributed by atoms with Crippen molar-refractivity contribution < 1.29 is 9.90 Å². The molecule has 0 spiro atoms. The zero-order valence-electron chi connectivity index (χ0n) is 14.3. The molecule has 0 saturated carbocycles. The molecule has 1 heterocycles. The van der Waals surface area contributed by atoms with Crippen LogP contribution in [0.25, 0.3) is 11.3 Å². The molecule has 1 amide bonds. The Morgan fingerprint density at radius 1 is 1.28 bits per heavy atom. The fraction of sp³-hybridized carbons (Fsp3) is 0.389. The van der Waals surface area contributed by atoms with Gasteiger partial charge in [0.05, 0.1) is 18.3 Å². The minimum atomic E-state index is -0.364. The average molecular weight is 364 g/mol. The number of amides is 1. The maximum atomic E-state index is 12.2. The number of halogens is 1. The molecule has 1 aromatic carbocycles. The van der Waals surface area contributed by atoms with Gasteiger partial charge in [-0.2, -0.15) is 5.10 Å². The minimum absolute atomic E-state index is 0.138. The van der Waals surface area contributed by atoms with Gasteiger partial charge in [-0.3, -0.25) is 9.59 Å². The van der Waals surface area contributed by atoms with Crippen LogP contribution in [-0.2, 0) is 11.3 Å². The first kappa shape index (κ1) is 19.1. The molecule has 2 aromatic rings. The summed E-state index contributed by atoms with van der Waals surface area (Å²) in [4.78, 5) is 24.2. The molecular formula is C18H22ClN3O3. The van der Waals surface area contributed by atoms with Gasteiger partial charge in [0, 0.05) is 16.7 Å². The van der Waals surface area contributed by atoms with Gasteiger partial charge in [0.1, 0.15) is 6.54 Å². The molecule has 0 bridgehead atoms. The zero-order valence-corrected chi connectivity index (χ0v) is 15.0. The predicted octanol–water partition coefficient (Wildman–Crippen LogP) is 2.09. The number of aromatic nitrogens is 2. The fourth-order valence-corrected chi connectivity index (χ4v) is 2.50. The molecule has 0 saturated heterocycles. The summed E-state index contributed by atoms with van der Waals surface area (Å²) >= 11 is 5.88. The van der Waals surface area contributed by atoms with Crippen molar-refractivity contribution in [3.8, 4) is 11.3 Å². The largest absolute Gasteiger partial charge is 0.394 e. The van der Waals surface area contributed by atoms with Crippen LogP contribution in [0.3, 0.4) is 0 Å². The number of carbonyl (C=O) groups excluding carboxylic acids is 1. The summed E-state index contributed by atoms with van der Waals surface area (Å²) in [6.45, 7) is 3.59. The highest BCUT2D eigenvalue weighted by atomic mass is 35.5. The second-order valence-electron chi connectivity index (χ2n) is 5.96. The highest BCUT2D eigenvalue weighted by Gasteiger charge is 2.18. The number of aliphatic hydroxyl groups excluding tert-OH is 1. The molecule has 0 unspecified atom stereocenters. The predicted molar refractivity (Wildman–Crippen MR) is 97.4 cm³/mol. The Kier molecular flexibility index (Phi) is 6.73. The summed E-state index contributed by atoms with van der Waals surface area (Å²) < 4.78 is 1.12. The molecule has 6 nitrogen and oxygen atoms in total. The van der Waals surface area contributed by atoms with Gasteiger partial charge >= 0.3 is 0 Å². The van der Waals surface area contributed by atoms with Gasteiger partial charge in [0.15, 0.2) is 0 Å². The van der Waals surface area contributed by atoms with E-state index in [1.807, 2.05) is 13.8 Å². The Labute approximate surface area is 151 Å². The summed E-state index contributed by atoms with van der Waals surface area (Å²) in [5, 5.41) is 17.0. The lowest BCUT2D eigenvalue weighted by atomic mass is 10.00. The highest BCUT2D eigenvalue weighted by Crippen LogP contribution is 2.18. The minimum Gasteiger partial charge on any atom is -0.394 e. The van der Waals surface area contributed by atoms with Crippen molar-refractivity contribution in [1.29, 1.82) is 0 Å². The van der Waals surface area contributed by atoms with E-state index in [1.165, 1.54) is 6.07 Å². The average Bonchev–Trinajstić information content (AvgIpc) is 2.61. The van der Waals surface area contributed by atoms with E-state index in [1.54, 1.807) is 30.3 Å². The SMILES string of the molecule is CC[C@H](C)[C@@H](CO)NC(=O)Cn1nc(-c2ccc(Cl)cc2)ccc1=O. The molecule has 0 aliphatic heterocycles. The molecule has 7 heteroatoms. The van der Waals surface area contributed by atoms with Crippen molar-refractivity contribution in [3.05, 3.63) is 51.8 Å². The topological polar surface area (TPSA) is 84.2 Å². The summed E-state index contributed by atoms with van der Waals surface area (Å²) in [6.07, 6.45) is 0.829. The zero-order chi connectivity index (χ0) is 18.4. The maximum absolute atomic E-state index is 12.2. The monoisotopic (exact) mass is 363 g/mol. The number of carbonyl (C=O) groups is 1. The van der Waals surface area contributed by atoms with E-state index < -0.39 is 0 Å². The van der Waals surface area contributed by atoms with Crippen LogP contribution in [0.5, 0.6) is 0 Å². The van der Waals surface area contributed by atoms with Crippen molar-refractivity contribution in [2.75, 3.05) is 6.61 Å². The molecule has 0 fully saturated rings. The first-order chi connectivity index (χ1) is 11.9. The number of rotatable bonds is 7. The van der Waals surface area contributed by atoms with E-state index >= 15 is 0 Å². The summed E-state index contributed by atoms with van der Waals surface area (Å²) in [6, 6.07) is 9.71. The molecule has 0 aliphatic rings. The van der Waals surface area contributed by atoms with E-state index in [0.717, 1.165) is 16.7 Å². The van der Waals surface area contributed by atoms with Crippen molar-refractivity contribution in [2.24, 2.45) is 5.92 Å². The van der Waals surface area contributed by atoms with Crippen LogP contribution in [0.15, 0.2) is 41.2 Å². The number of hydrogen-bond donors (Lipinski definition) is 2. The quantitative estimate of drug-likeness (QED) is 0.788. The number of nitrogens with one attached hydrogen (secondary N) is 1. The Bertz CT molecular complexity index is 774. The lowest BCUT2D eigenvalue weighted by Crippen LogP contribution is -2.44. The molecule has 2 N–H and O–H groups in total. The van der Waals surface area contributed by atoms with Crippen molar-refractivity contribution in [3.63, 3.8) is 0 Å². The number of hydrogen-bond acceptors (Lipinski definition) is 4. The van der Waals surface area contributed by atoms with Crippen LogP contribution < -0.4 is 10.9 Å². The van der Waals surface area contributed by atoms with Gasteiger partial charge in [-0.05, 0) is 24.1 Å². The van der Waals surface area contributed by atoms with Gasteiger partial charge in [0.2, 0.25) is 5.91 Å². The second-order valence-corrected chi connectivity index (χ2v) is 6.40. The molecular weight excluding hydrogens is 342 g/mol. The number of nitrogens with zero attached hydrogens (tertiary/aromatic N) is 2. The van der Waals surface area contributed by atoms with Crippen LogP contribution in [0.2, 0.25) is 5.02 Å². The lowest BCUT2D eigenvalue weighted by Gasteiger charge is -2.22. The molecule has 134 valence electrons. The first-order valence-electron chi connectivity index (χ1n) is 8.19. The Morgan fingerprint density at radius 3 is 2.56 bits per heavy atom. The summed E-state index contributed by atoms with van der Waals surface area (Å²) in [7, 11) is 0. The summed E-state index contributed by atoms with van der Waals surface area (Å²) in [5.41, 5.74) is 1.01. The Balaban J connectivity index is 2.16. The molecule has 1 aromatic heterocycles. The van der Waals surface area contributed by atoms with Gasteiger partial charge in [-0.1, -0.05) is 44.0 Å². The van der Waals surface area contributed by atoms with Crippen LogP contribution in [0.4, 0.5) is 0 Å². The molecule has 0 aliphatic carbocycles. The van der Waals surface area contributed by atoms with E-state index in [-0.39, 0.29) is 36.6 Å². The third-order valence-corrected chi connectivity index (χ3v) is 4.43. The van der Waals surface area contributed by atoms with Gasteiger partial charge < -0.3 is 10.4 Å². The first-order valence-corrected chi connectivity index (χ1v) is 8.56. The van der Waals surface area contributed by atoms with Crippen molar-refractivity contribution >= 4 is 17.5 Å². The molecule has 2 rings (SSSR count). The van der Waals surface area contributed by atoms with Gasteiger partial charge in [-0.25, -0.2) is 4.68 Å². The van der Waals surface area contributed by atoms with Crippen LogP contribution in [0.1, 0.15) is 20.3 Å². The highest BCUT2D eigenvalue weighted by molar-refractivity contribution is 6.30. The number of benzene rings is 1. The van der Waals surface area contributed by atoms with Crippen LogP contribution in [0, 0.1) is 5.92 Å². The van der Waals surface area contributed by atoms with Crippen LogP contribution >= 0.6 is 11.6 Å². The molecule has 25 heavy (non-hydrogen) atoms. The summed E-state index contributed by atoms with van der Waals surface area (Å²) in [5.74, 6) is -0.221. The van der Waals surface area contributed by atoms with Gasteiger partial charge in [0.25, 0.3) is 5.56 Å². The van der Waals surface area contributed by atoms with Crippen LogP contribution in [-0.4, -0.2) is 33.4 Å².